The number of hydrogen-bond acceptors (Lipinski definition) is 5. The first-order chi connectivity index (χ1) is 12.8. The van der Waals surface area contributed by atoms with Crippen molar-refractivity contribution in [3.63, 3.8) is 0 Å². The van der Waals surface area contributed by atoms with E-state index in [0.717, 1.165) is 0 Å². The minimum Gasteiger partial charge on any atom is -0.378 e. The molecule has 10 heteroatoms. The molecule has 1 aromatic carbocycles. The Labute approximate surface area is 172 Å². The lowest BCUT2D eigenvalue weighted by Crippen LogP contribution is -2.41. The molecule has 0 spiro atoms. The number of thiophene rings is 1. The summed E-state index contributed by atoms with van der Waals surface area (Å²) >= 11 is 13.4. The maximum atomic E-state index is 12.8. The minimum absolute atomic E-state index is 0.0229. The second kappa shape index (κ2) is 8.36. The molecule has 3 rings (SSSR count). The summed E-state index contributed by atoms with van der Waals surface area (Å²) in [5.74, 6) is -0.0538. The molecule has 1 aliphatic heterocycles. The highest BCUT2D eigenvalue weighted by molar-refractivity contribution is 7.93. The van der Waals surface area contributed by atoms with Crippen LogP contribution in [0.4, 0.5) is 5.69 Å². The molecule has 1 N–H and O–H groups in total. The first-order valence-electron chi connectivity index (χ1n) is 8.18. The van der Waals surface area contributed by atoms with Crippen LogP contribution in [0.2, 0.25) is 10.0 Å². The molecule has 0 aliphatic carbocycles. The number of nitrogens with one attached hydrogen (secondary N) is 1. The molecule has 1 fully saturated rings. The Morgan fingerprint density at radius 1 is 1.30 bits per heavy atom. The highest BCUT2D eigenvalue weighted by atomic mass is 35.5. The van der Waals surface area contributed by atoms with Crippen molar-refractivity contribution in [2.75, 3.05) is 31.0 Å². The largest absolute Gasteiger partial charge is 0.378 e. The van der Waals surface area contributed by atoms with E-state index >= 15 is 0 Å². The molecule has 0 radical (unpaired) electrons. The van der Waals surface area contributed by atoms with E-state index in [4.69, 9.17) is 27.9 Å². The predicted octanol–water partition coefficient (Wildman–Crippen LogP) is 3.57. The van der Waals surface area contributed by atoms with Gasteiger partial charge in [0.2, 0.25) is 5.91 Å². The van der Waals surface area contributed by atoms with E-state index in [0.29, 0.717) is 47.5 Å². The Morgan fingerprint density at radius 2 is 2.00 bits per heavy atom. The number of amides is 1. The fraction of sp³-hybridized carbons (Fsp3) is 0.353. The molecule has 146 valence electrons. The van der Waals surface area contributed by atoms with Gasteiger partial charge in [0.1, 0.15) is 4.90 Å². The van der Waals surface area contributed by atoms with E-state index in [-0.39, 0.29) is 22.2 Å². The van der Waals surface area contributed by atoms with Crippen molar-refractivity contribution in [1.29, 1.82) is 0 Å². The average Bonchev–Trinajstić information content (AvgIpc) is 3.00. The van der Waals surface area contributed by atoms with E-state index in [1.54, 1.807) is 29.3 Å². The normalized spacial score (nSPS) is 15.0. The molecular weight excluding hydrogens is 431 g/mol. The summed E-state index contributed by atoms with van der Waals surface area (Å²) < 4.78 is 33.5. The van der Waals surface area contributed by atoms with Gasteiger partial charge < -0.3 is 9.64 Å². The van der Waals surface area contributed by atoms with Crippen molar-refractivity contribution in [3.05, 3.63) is 44.1 Å². The van der Waals surface area contributed by atoms with Gasteiger partial charge >= 0.3 is 0 Å². The number of nitrogens with zero attached hydrogens (tertiary/aromatic N) is 1. The number of hydrogen-bond donors (Lipinski definition) is 1. The van der Waals surface area contributed by atoms with Crippen LogP contribution in [0, 0.1) is 6.92 Å². The second-order valence-corrected chi connectivity index (χ2v) is 9.53. The Bertz CT molecular complexity index is 931. The zero-order chi connectivity index (χ0) is 19.6. The number of carbonyl (C=O) groups excluding carboxylic acids is 1. The van der Waals surface area contributed by atoms with Crippen molar-refractivity contribution in [3.8, 4) is 0 Å². The third kappa shape index (κ3) is 4.75. The number of aryl methyl sites for hydroxylation is 1. The van der Waals surface area contributed by atoms with E-state index in [1.165, 1.54) is 17.4 Å². The number of sulfonamides is 1. The molecule has 0 saturated carbocycles. The standard InChI is InChI=1S/C17H18Cl2N2O4S2/c1-11-8-12(18)9-13(19)17(11)27(23,24)20-14-2-7-26-15(14)10-16(22)21-3-5-25-6-4-21/h2,7-9,20H,3-6,10H2,1H3. The molecule has 0 unspecified atom stereocenters. The van der Waals surface area contributed by atoms with Gasteiger partial charge in [-0.15, -0.1) is 11.3 Å². The van der Waals surface area contributed by atoms with E-state index in [2.05, 4.69) is 4.72 Å². The molecule has 6 nitrogen and oxygen atoms in total. The first kappa shape index (κ1) is 20.4. The molecule has 1 aromatic heterocycles. The van der Waals surface area contributed by atoms with Crippen LogP contribution in [0.25, 0.3) is 0 Å². The summed E-state index contributed by atoms with van der Waals surface area (Å²) in [5, 5.41) is 2.16. The lowest BCUT2D eigenvalue weighted by Gasteiger charge is -2.26. The van der Waals surface area contributed by atoms with Gasteiger partial charge in [-0.2, -0.15) is 0 Å². The number of ether oxygens (including phenoxy) is 1. The fourth-order valence-corrected chi connectivity index (χ4v) is 6.02. The fourth-order valence-electron chi connectivity index (χ4n) is 2.86. The zero-order valence-electron chi connectivity index (χ0n) is 14.5. The summed E-state index contributed by atoms with van der Waals surface area (Å²) in [5.41, 5.74) is 0.827. The van der Waals surface area contributed by atoms with Gasteiger partial charge in [-0.1, -0.05) is 23.2 Å². The van der Waals surface area contributed by atoms with E-state index < -0.39 is 10.0 Å². The van der Waals surface area contributed by atoms with Gasteiger partial charge in [-0.05, 0) is 36.1 Å². The Morgan fingerprint density at radius 3 is 2.67 bits per heavy atom. The molecule has 2 heterocycles. The van der Waals surface area contributed by atoms with Gasteiger partial charge in [0, 0.05) is 23.0 Å². The molecule has 27 heavy (non-hydrogen) atoms. The van der Waals surface area contributed by atoms with Crippen LogP contribution in [0.5, 0.6) is 0 Å². The highest BCUT2D eigenvalue weighted by Crippen LogP contribution is 2.32. The number of morpholine rings is 1. The SMILES string of the molecule is Cc1cc(Cl)cc(Cl)c1S(=O)(=O)Nc1ccsc1CC(=O)N1CCOCC1. The smallest absolute Gasteiger partial charge is 0.263 e. The Kier molecular flexibility index (Phi) is 6.32. The van der Waals surface area contributed by atoms with Crippen LogP contribution in [0.3, 0.4) is 0 Å². The number of rotatable bonds is 5. The zero-order valence-corrected chi connectivity index (χ0v) is 17.6. The van der Waals surface area contributed by atoms with Gasteiger partial charge in [0.05, 0.1) is 30.3 Å². The van der Waals surface area contributed by atoms with E-state index in [9.17, 15) is 13.2 Å². The summed E-state index contributed by atoms with van der Waals surface area (Å²) in [6, 6.07) is 4.57. The second-order valence-electron chi connectivity index (χ2n) is 6.07. The molecule has 1 saturated heterocycles. The number of anilines is 1. The summed E-state index contributed by atoms with van der Waals surface area (Å²) in [7, 11) is -3.92. The van der Waals surface area contributed by atoms with Gasteiger partial charge in [-0.25, -0.2) is 8.42 Å². The topological polar surface area (TPSA) is 75.7 Å². The molecule has 2 aromatic rings. The van der Waals surface area contributed by atoms with Crippen molar-refractivity contribution in [2.24, 2.45) is 0 Å². The number of carbonyl (C=O) groups is 1. The van der Waals surface area contributed by atoms with Crippen molar-refractivity contribution < 1.29 is 17.9 Å². The summed E-state index contributed by atoms with van der Waals surface area (Å²) in [4.78, 5) is 14.8. The maximum Gasteiger partial charge on any atom is 0.263 e. The summed E-state index contributed by atoms with van der Waals surface area (Å²) in [6.45, 7) is 3.76. The molecule has 1 aliphatic rings. The average molecular weight is 449 g/mol. The number of benzene rings is 1. The molecular formula is C17H18Cl2N2O4S2. The Hall–Kier alpha value is -1.32. The monoisotopic (exact) mass is 448 g/mol. The van der Waals surface area contributed by atoms with Crippen LogP contribution in [-0.2, 0) is 26.0 Å². The van der Waals surface area contributed by atoms with Gasteiger partial charge in [0.25, 0.3) is 10.0 Å². The minimum atomic E-state index is -3.92. The van der Waals surface area contributed by atoms with Gasteiger partial charge in [-0.3, -0.25) is 9.52 Å². The Balaban J connectivity index is 1.81. The van der Waals surface area contributed by atoms with Crippen molar-refractivity contribution in [2.45, 2.75) is 18.2 Å². The lowest BCUT2D eigenvalue weighted by molar-refractivity contribution is -0.134. The molecule has 1 amide bonds. The predicted molar refractivity (Wildman–Crippen MR) is 107 cm³/mol. The highest BCUT2D eigenvalue weighted by Gasteiger charge is 2.24. The van der Waals surface area contributed by atoms with Crippen molar-refractivity contribution in [1.82, 2.24) is 4.90 Å². The lowest BCUT2D eigenvalue weighted by atomic mass is 10.2. The van der Waals surface area contributed by atoms with Crippen LogP contribution in [0.15, 0.2) is 28.5 Å². The van der Waals surface area contributed by atoms with E-state index in [1.807, 2.05) is 0 Å². The quantitative estimate of drug-likeness (QED) is 0.758. The molecule has 0 bridgehead atoms. The number of halogens is 2. The van der Waals surface area contributed by atoms with Crippen LogP contribution < -0.4 is 4.72 Å². The first-order valence-corrected chi connectivity index (χ1v) is 11.3. The summed E-state index contributed by atoms with van der Waals surface area (Å²) in [6.07, 6.45) is 0.128. The van der Waals surface area contributed by atoms with Crippen LogP contribution in [0.1, 0.15) is 10.4 Å². The van der Waals surface area contributed by atoms with Crippen LogP contribution >= 0.6 is 34.5 Å². The molecule has 0 atom stereocenters. The third-order valence-corrected chi connectivity index (χ3v) is 7.25. The van der Waals surface area contributed by atoms with Crippen LogP contribution in [-0.4, -0.2) is 45.5 Å². The maximum absolute atomic E-state index is 12.8. The van der Waals surface area contributed by atoms with Gasteiger partial charge in [0.15, 0.2) is 0 Å². The third-order valence-electron chi connectivity index (χ3n) is 4.13. The van der Waals surface area contributed by atoms with Crippen molar-refractivity contribution >= 4 is 56.2 Å².